The number of halogens is 1. The van der Waals surface area contributed by atoms with E-state index in [0.717, 1.165) is 18.9 Å². The average Bonchev–Trinajstić information content (AvgIpc) is 3.37. The minimum Gasteiger partial charge on any atom is -0.467 e. The first-order valence-corrected chi connectivity index (χ1v) is 13.2. The van der Waals surface area contributed by atoms with Crippen LogP contribution in [0.25, 0.3) is 11.3 Å². The number of hydrogen-bond acceptors (Lipinski definition) is 10. The van der Waals surface area contributed by atoms with Crippen LogP contribution in [0.2, 0.25) is 0 Å². The van der Waals surface area contributed by atoms with Gasteiger partial charge in [0, 0.05) is 11.1 Å². The molecule has 2 aliphatic rings. The molecule has 0 amide bonds. The largest absolute Gasteiger partial charge is 0.467 e. The van der Waals surface area contributed by atoms with Gasteiger partial charge in [-0.3, -0.25) is 4.18 Å². The lowest BCUT2D eigenvalue weighted by Crippen LogP contribution is -2.62. The minimum absolute atomic E-state index is 0.0330. The van der Waals surface area contributed by atoms with Gasteiger partial charge >= 0.3 is 5.97 Å². The van der Waals surface area contributed by atoms with Crippen LogP contribution < -0.4 is 0 Å². The van der Waals surface area contributed by atoms with Crippen molar-refractivity contribution in [2.24, 2.45) is 0 Å². The Morgan fingerprint density at radius 3 is 2.62 bits per heavy atom. The zero-order valence-electron chi connectivity index (χ0n) is 19.8. The van der Waals surface area contributed by atoms with Crippen molar-refractivity contribution in [3.05, 3.63) is 72.2 Å². The Labute approximate surface area is 212 Å². The van der Waals surface area contributed by atoms with E-state index in [1.807, 2.05) is 30.3 Å². The first-order valence-electron chi connectivity index (χ1n) is 11.3. The first-order chi connectivity index (χ1) is 17.7. The fourth-order valence-corrected chi connectivity index (χ4v) is 5.12. The van der Waals surface area contributed by atoms with Gasteiger partial charge in [-0.25, -0.2) is 13.9 Å². The van der Waals surface area contributed by atoms with Gasteiger partial charge in [0.15, 0.2) is 12.4 Å². The Balaban J connectivity index is 1.58. The van der Waals surface area contributed by atoms with Crippen molar-refractivity contribution in [1.29, 1.82) is 0 Å². The molecule has 0 N–H and O–H groups in total. The van der Waals surface area contributed by atoms with Crippen LogP contribution in [0.3, 0.4) is 0 Å². The van der Waals surface area contributed by atoms with Gasteiger partial charge < -0.3 is 18.9 Å². The Morgan fingerprint density at radius 1 is 1.14 bits per heavy atom. The van der Waals surface area contributed by atoms with Gasteiger partial charge in [0.2, 0.25) is 0 Å². The monoisotopic (exact) mass is 533 g/mol. The van der Waals surface area contributed by atoms with Crippen molar-refractivity contribution < 1.29 is 40.7 Å². The van der Waals surface area contributed by atoms with E-state index in [-0.39, 0.29) is 6.61 Å². The van der Waals surface area contributed by atoms with Crippen LogP contribution in [-0.2, 0) is 38.0 Å². The molecule has 0 bridgehead atoms. The lowest BCUT2D eigenvalue weighted by Gasteiger charge is -2.48. The van der Waals surface area contributed by atoms with Crippen LogP contribution in [0, 0.1) is 5.82 Å². The van der Waals surface area contributed by atoms with Gasteiger partial charge in [-0.15, -0.1) is 5.10 Å². The predicted molar refractivity (Wildman–Crippen MR) is 125 cm³/mol. The normalized spacial score (nSPS) is 27.9. The molecular formula is C24H24FN3O8S. The molecule has 0 saturated carbocycles. The summed E-state index contributed by atoms with van der Waals surface area (Å²) in [7, 11) is -2.93. The average molecular weight is 534 g/mol. The van der Waals surface area contributed by atoms with Crippen molar-refractivity contribution in [3.8, 4) is 11.3 Å². The second-order valence-electron chi connectivity index (χ2n) is 8.64. The highest BCUT2D eigenvalue weighted by atomic mass is 32.2. The molecule has 3 aromatic rings. The molecule has 5 rings (SSSR count). The maximum Gasteiger partial charge on any atom is 0.337 e. The van der Waals surface area contributed by atoms with Gasteiger partial charge in [-0.05, 0) is 12.1 Å². The number of benzene rings is 2. The molecule has 0 spiro atoms. The van der Waals surface area contributed by atoms with Crippen LogP contribution in [0.1, 0.15) is 17.9 Å². The Hall–Kier alpha value is -3.23. The third-order valence-corrected chi connectivity index (χ3v) is 6.65. The number of nitrogens with zero attached hydrogens (tertiary/aromatic N) is 3. The SMILES string of the molecule is COC(=O)[C@@H]1O[C@@H]2CO[C@@H](c3ccccc3)O[C@@H]2[C@@H](n2cc(-c3cccc(F)c3)nn2)[C@H]1OS(C)(=O)=O. The minimum atomic E-state index is -4.08. The molecule has 13 heteroatoms. The fourth-order valence-electron chi connectivity index (χ4n) is 4.50. The standard InChI is InChI=1S/C24H24FN3O8S/c1-32-23(29)22-21(36-37(2,30)31)19(28-12-17(26-27-28)15-9-6-10-16(25)11-15)20-18(34-22)13-33-24(35-20)14-7-4-3-5-8-14/h3-12,18-22,24H,13H2,1-2H3/t18-,19-,20+,21-,22-,24-/m1/s1. The lowest BCUT2D eigenvalue weighted by molar-refractivity contribution is -0.312. The summed E-state index contributed by atoms with van der Waals surface area (Å²) >= 11 is 0. The van der Waals surface area contributed by atoms with Gasteiger partial charge in [0.25, 0.3) is 10.1 Å². The molecule has 2 fully saturated rings. The second-order valence-corrected chi connectivity index (χ2v) is 10.2. The summed E-state index contributed by atoms with van der Waals surface area (Å²) < 4.78 is 68.0. The quantitative estimate of drug-likeness (QED) is 0.343. The molecule has 6 atom stereocenters. The third-order valence-electron chi connectivity index (χ3n) is 6.08. The van der Waals surface area contributed by atoms with E-state index in [4.69, 9.17) is 23.1 Å². The molecule has 1 aromatic heterocycles. The molecule has 2 aromatic carbocycles. The molecule has 0 radical (unpaired) electrons. The van der Waals surface area contributed by atoms with Crippen molar-refractivity contribution >= 4 is 16.1 Å². The van der Waals surface area contributed by atoms with Crippen molar-refractivity contribution in [3.63, 3.8) is 0 Å². The smallest absolute Gasteiger partial charge is 0.337 e. The number of methoxy groups -OCH3 is 1. The number of fused-ring (bicyclic) bond motifs is 1. The number of hydrogen-bond donors (Lipinski definition) is 0. The summed E-state index contributed by atoms with van der Waals surface area (Å²) in [5.41, 5.74) is 1.51. The van der Waals surface area contributed by atoms with Gasteiger partial charge in [0.1, 0.15) is 35.9 Å². The molecule has 0 aliphatic carbocycles. The summed E-state index contributed by atoms with van der Waals surface area (Å²) in [4.78, 5) is 12.7. The summed E-state index contributed by atoms with van der Waals surface area (Å²) in [5.74, 6) is -1.30. The van der Waals surface area contributed by atoms with E-state index < -0.39 is 58.7 Å². The zero-order valence-corrected chi connectivity index (χ0v) is 20.7. The maximum atomic E-state index is 13.8. The molecule has 2 saturated heterocycles. The molecular weight excluding hydrogens is 509 g/mol. The van der Waals surface area contributed by atoms with Gasteiger partial charge in [-0.1, -0.05) is 47.7 Å². The van der Waals surface area contributed by atoms with Crippen LogP contribution in [-0.4, -0.2) is 73.8 Å². The number of esters is 1. The van der Waals surface area contributed by atoms with E-state index in [0.29, 0.717) is 11.3 Å². The summed E-state index contributed by atoms with van der Waals surface area (Å²) in [6.45, 7) is 0.0330. The zero-order chi connectivity index (χ0) is 26.2. The van der Waals surface area contributed by atoms with Crippen LogP contribution in [0.5, 0.6) is 0 Å². The van der Waals surface area contributed by atoms with E-state index in [9.17, 15) is 17.6 Å². The predicted octanol–water partition coefficient (Wildman–Crippen LogP) is 2.02. The maximum absolute atomic E-state index is 13.8. The summed E-state index contributed by atoms with van der Waals surface area (Å²) in [6, 6.07) is 13.9. The van der Waals surface area contributed by atoms with Gasteiger partial charge in [-0.2, -0.15) is 8.42 Å². The Bertz CT molecular complexity index is 1370. The Morgan fingerprint density at radius 2 is 1.92 bits per heavy atom. The van der Waals surface area contributed by atoms with Crippen LogP contribution >= 0.6 is 0 Å². The number of aromatic nitrogens is 3. The number of rotatable bonds is 6. The molecule has 196 valence electrons. The van der Waals surface area contributed by atoms with Crippen LogP contribution in [0.15, 0.2) is 60.8 Å². The first kappa shape index (κ1) is 25.4. The highest BCUT2D eigenvalue weighted by molar-refractivity contribution is 7.86. The number of ether oxygens (including phenoxy) is 4. The van der Waals surface area contributed by atoms with Crippen molar-refractivity contribution in [1.82, 2.24) is 15.0 Å². The van der Waals surface area contributed by atoms with Crippen molar-refractivity contribution in [2.45, 2.75) is 36.7 Å². The van der Waals surface area contributed by atoms with E-state index >= 15 is 0 Å². The van der Waals surface area contributed by atoms with Crippen LogP contribution in [0.4, 0.5) is 4.39 Å². The second kappa shape index (κ2) is 10.3. The molecule has 2 aliphatic heterocycles. The number of carbonyl (C=O) groups excluding carboxylic acids is 1. The molecule has 0 unspecified atom stereocenters. The van der Waals surface area contributed by atoms with E-state index in [1.165, 1.54) is 29.1 Å². The topological polar surface area (TPSA) is 128 Å². The Kier molecular flexibility index (Phi) is 7.05. The molecule has 11 nitrogen and oxygen atoms in total. The summed E-state index contributed by atoms with van der Waals surface area (Å²) in [6.07, 6.45) is -2.95. The lowest BCUT2D eigenvalue weighted by atomic mass is 9.91. The highest BCUT2D eigenvalue weighted by Crippen LogP contribution is 2.41. The van der Waals surface area contributed by atoms with E-state index in [1.54, 1.807) is 6.07 Å². The third kappa shape index (κ3) is 5.40. The van der Waals surface area contributed by atoms with Crippen molar-refractivity contribution in [2.75, 3.05) is 20.0 Å². The summed E-state index contributed by atoms with van der Waals surface area (Å²) in [5, 5.41) is 8.31. The highest BCUT2D eigenvalue weighted by Gasteiger charge is 2.55. The fraction of sp³-hybridized carbons (Fsp3) is 0.375. The van der Waals surface area contributed by atoms with Gasteiger partial charge in [0.05, 0.1) is 26.2 Å². The van der Waals surface area contributed by atoms with E-state index in [2.05, 4.69) is 10.3 Å². The molecule has 3 heterocycles. The molecule has 37 heavy (non-hydrogen) atoms. The number of carbonyl (C=O) groups is 1.